The summed E-state index contributed by atoms with van der Waals surface area (Å²) in [5, 5.41) is 13.4. The number of carboxylic acids is 1. The van der Waals surface area contributed by atoms with E-state index in [-0.39, 0.29) is 18.4 Å². The van der Waals surface area contributed by atoms with E-state index in [1.807, 2.05) is 48.4 Å². The van der Waals surface area contributed by atoms with Crippen molar-refractivity contribution in [2.45, 2.75) is 45.1 Å². The summed E-state index contributed by atoms with van der Waals surface area (Å²) in [5.74, 6) is -0.912. The summed E-state index contributed by atoms with van der Waals surface area (Å²) in [6.45, 7) is 2.55. The van der Waals surface area contributed by atoms with Crippen LogP contribution in [0.4, 0.5) is 0 Å². The van der Waals surface area contributed by atoms with Crippen molar-refractivity contribution in [3.8, 4) is 5.69 Å². The number of carboxylic acid groups (broad SMARTS) is 1. The highest BCUT2D eigenvalue weighted by atomic mass is 16.4. The molecule has 1 N–H and O–H groups in total. The zero-order valence-electron chi connectivity index (χ0n) is 14.4. The number of para-hydroxylation sites is 1. The smallest absolute Gasteiger partial charge is 0.303 e. The molecule has 1 aliphatic rings. The second kappa shape index (κ2) is 7.51. The van der Waals surface area contributed by atoms with Crippen LogP contribution in [-0.2, 0) is 4.79 Å². The highest BCUT2D eigenvalue weighted by molar-refractivity contribution is 5.94. The largest absolute Gasteiger partial charge is 0.481 e. The first-order chi connectivity index (χ1) is 12.1. The molecule has 1 aromatic heterocycles. The number of likely N-dealkylation sites (tertiary alicyclic amines) is 1. The van der Waals surface area contributed by atoms with E-state index in [1.165, 1.54) is 0 Å². The Labute approximate surface area is 147 Å². The number of aromatic nitrogens is 2. The van der Waals surface area contributed by atoms with Crippen molar-refractivity contribution < 1.29 is 14.7 Å². The van der Waals surface area contributed by atoms with Gasteiger partial charge in [-0.2, -0.15) is 5.10 Å². The number of amides is 1. The summed E-state index contributed by atoms with van der Waals surface area (Å²) in [6, 6.07) is 9.67. The minimum absolute atomic E-state index is 0.0152. The fourth-order valence-corrected chi connectivity index (χ4v) is 3.38. The Kier molecular flexibility index (Phi) is 5.16. The van der Waals surface area contributed by atoms with Crippen LogP contribution in [-0.4, -0.2) is 44.3 Å². The molecule has 0 spiro atoms. The van der Waals surface area contributed by atoms with Gasteiger partial charge in [0.25, 0.3) is 5.91 Å². The minimum atomic E-state index is -0.817. The van der Waals surface area contributed by atoms with E-state index in [4.69, 9.17) is 5.11 Å². The quantitative estimate of drug-likeness (QED) is 0.907. The van der Waals surface area contributed by atoms with E-state index in [1.54, 1.807) is 4.68 Å². The summed E-state index contributed by atoms with van der Waals surface area (Å²) in [6.07, 6.45) is 5.29. The summed E-state index contributed by atoms with van der Waals surface area (Å²) >= 11 is 0. The number of hydrogen-bond donors (Lipinski definition) is 1. The molecule has 6 nitrogen and oxygen atoms in total. The van der Waals surface area contributed by atoms with E-state index in [0.29, 0.717) is 18.7 Å². The average Bonchev–Trinajstić information content (AvgIpc) is 3.02. The maximum atomic E-state index is 13.0. The first-order valence-electron chi connectivity index (χ1n) is 8.70. The number of aryl methyl sites for hydroxylation is 1. The molecule has 1 saturated heterocycles. The van der Waals surface area contributed by atoms with Crippen molar-refractivity contribution >= 4 is 11.9 Å². The Morgan fingerprint density at radius 2 is 2.00 bits per heavy atom. The minimum Gasteiger partial charge on any atom is -0.481 e. The van der Waals surface area contributed by atoms with Gasteiger partial charge in [-0.1, -0.05) is 18.2 Å². The molecule has 25 heavy (non-hydrogen) atoms. The first kappa shape index (κ1) is 17.2. The Morgan fingerprint density at radius 1 is 1.24 bits per heavy atom. The standard InChI is InChI=1S/C19H23N3O3/c1-14-13-22(16-8-3-2-4-9-16)20-18(14)19(25)21-12-6-5-7-15(21)10-11-17(23)24/h2-4,8-9,13,15H,5-7,10-12H2,1H3,(H,23,24). The van der Waals surface area contributed by atoms with Crippen molar-refractivity contribution in [1.82, 2.24) is 14.7 Å². The molecule has 0 bridgehead atoms. The molecule has 1 atom stereocenters. The Hall–Kier alpha value is -2.63. The molecular formula is C19H23N3O3. The maximum Gasteiger partial charge on any atom is 0.303 e. The summed E-state index contributed by atoms with van der Waals surface area (Å²) < 4.78 is 1.72. The third-order valence-corrected chi connectivity index (χ3v) is 4.70. The number of hydrogen-bond acceptors (Lipinski definition) is 3. The number of carbonyl (C=O) groups is 2. The van der Waals surface area contributed by atoms with Crippen LogP contribution in [0.25, 0.3) is 5.69 Å². The second-order valence-electron chi connectivity index (χ2n) is 6.52. The first-order valence-corrected chi connectivity index (χ1v) is 8.70. The van der Waals surface area contributed by atoms with Gasteiger partial charge in [0.2, 0.25) is 0 Å². The summed E-state index contributed by atoms with van der Waals surface area (Å²) in [7, 11) is 0. The molecule has 2 aromatic rings. The summed E-state index contributed by atoms with van der Waals surface area (Å²) in [5.41, 5.74) is 2.19. The van der Waals surface area contributed by atoms with Crippen molar-refractivity contribution in [3.63, 3.8) is 0 Å². The van der Waals surface area contributed by atoms with Crippen LogP contribution in [0.5, 0.6) is 0 Å². The number of benzene rings is 1. The maximum absolute atomic E-state index is 13.0. The van der Waals surface area contributed by atoms with Crippen LogP contribution in [0.2, 0.25) is 0 Å². The zero-order chi connectivity index (χ0) is 17.8. The molecule has 1 fully saturated rings. The highest BCUT2D eigenvalue weighted by Gasteiger charge is 2.30. The molecule has 0 aliphatic carbocycles. The molecule has 132 valence electrons. The van der Waals surface area contributed by atoms with Gasteiger partial charge in [0.1, 0.15) is 0 Å². The van der Waals surface area contributed by atoms with E-state index >= 15 is 0 Å². The summed E-state index contributed by atoms with van der Waals surface area (Å²) in [4.78, 5) is 25.7. The number of aliphatic carboxylic acids is 1. The second-order valence-corrected chi connectivity index (χ2v) is 6.52. The molecule has 1 aromatic carbocycles. The fourth-order valence-electron chi connectivity index (χ4n) is 3.38. The van der Waals surface area contributed by atoms with Gasteiger partial charge in [-0.15, -0.1) is 0 Å². The Morgan fingerprint density at radius 3 is 2.72 bits per heavy atom. The van der Waals surface area contributed by atoms with Crippen molar-refractivity contribution in [2.75, 3.05) is 6.54 Å². The van der Waals surface area contributed by atoms with Gasteiger partial charge in [-0.3, -0.25) is 9.59 Å². The van der Waals surface area contributed by atoms with E-state index in [2.05, 4.69) is 5.10 Å². The lowest BCUT2D eigenvalue weighted by molar-refractivity contribution is -0.137. The number of carbonyl (C=O) groups excluding carboxylic acids is 1. The molecule has 1 unspecified atom stereocenters. The van der Waals surface area contributed by atoms with E-state index < -0.39 is 5.97 Å². The monoisotopic (exact) mass is 341 g/mol. The van der Waals surface area contributed by atoms with Gasteiger partial charge < -0.3 is 10.0 Å². The van der Waals surface area contributed by atoms with Gasteiger partial charge in [0, 0.05) is 30.8 Å². The third kappa shape index (κ3) is 3.90. The van der Waals surface area contributed by atoms with E-state index in [9.17, 15) is 9.59 Å². The molecule has 3 rings (SSSR count). The van der Waals surface area contributed by atoms with Crippen molar-refractivity contribution in [1.29, 1.82) is 0 Å². The Bertz CT molecular complexity index is 755. The van der Waals surface area contributed by atoms with Crippen LogP contribution in [0, 0.1) is 6.92 Å². The molecule has 1 amide bonds. The molecule has 0 radical (unpaired) electrons. The normalized spacial score (nSPS) is 17.5. The predicted molar refractivity (Wildman–Crippen MR) is 93.8 cm³/mol. The SMILES string of the molecule is Cc1cn(-c2ccccc2)nc1C(=O)N1CCCCC1CCC(=O)O. The van der Waals surface area contributed by atoms with Crippen LogP contribution < -0.4 is 0 Å². The fraction of sp³-hybridized carbons (Fsp3) is 0.421. The van der Waals surface area contributed by atoms with Crippen LogP contribution in [0.1, 0.15) is 48.2 Å². The molecule has 6 heteroatoms. The van der Waals surface area contributed by atoms with Crippen LogP contribution in [0.3, 0.4) is 0 Å². The van der Waals surface area contributed by atoms with Gasteiger partial charge >= 0.3 is 5.97 Å². The topological polar surface area (TPSA) is 75.4 Å². The number of rotatable bonds is 5. The van der Waals surface area contributed by atoms with Gasteiger partial charge in [0.05, 0.1) is 5.69 Å². The van der Waals surface area contributed by atoms with Crippen molar-refractivity contribution in [2.24, 2.45) is 0 Å². The van der Waals surface area contributed by atoms with Gasteiger partial charge in [-0.25, -0.2) is 4.68 Å². The number of nitrogens with zero attached hydrogens (tertiary/aromatic N) is 3. The highest BCUT2D eigenvalue weighted by Crippen LogP contribution is 2.24. The van der Waals surface area contributed by atoms with Crippen LogP contribution >= 0.6 is 0 Å². The van der Waals surface area contributed by atoms with Gasteiger partial charge in [0.15, 0.2) is 5.69 Å². The lowest BCUT2D eigenvalue weighted by Gasteiger charge is -2.35. The molecule has 2 heterocycles. The third-order valence-electron chi connectivity index (χ3n) is 4.70. The molecular weight excluding hydrogens is 318 g/mol. The predicted octanol–water partition coefficient (Wildman–Crippen LogP) is 3.04. The van der Waals surface area contributed by atoms with Crippen LogP contribution in [0.15, 0.2) is 36.5 Å². The molecule has 0 saturated carbocycles. The Balaban J connectivity index is 1.81. The lowest BCUT2D eigenvalue weighted by Crippen LogP contribution is -2.44. The van der Waals surface area contributed by atoms with E-state index in [0.717, 1.165) is 30.5 Å². The van der Waals surface area contributed by atoms with Gasteiger partial charge in [-0.05, 0) is 44.7 Å². The van der Waals surface area contributed by atoms with Crippen molar-refractivity contribution in [3.05, 3.63) is 47.8 Å². The number of piperidine rings is 1. The lowest BCUT2D eigenvalue weighted by atomic mass is 9.97. The zero-order valence-corrected chi connectivity index (χ0v) is 14.4. The molecule has 1 aliphatic heterocycles. The average molecular weight is 341 g/mol.